The highest BCUT2D eigenvalue weighted by Crippen LogP contribution is 2.42. The van der Waals surface area contributed by atoms with E-state index in [0.717, 1.165) is 18.0 Å². The molecule has 2 heterocycles. The van der Waals surface area contributed by atoms with E-state index in [-0.39, 0.29) is 17.6 Å². The number of benzene rings is 3. The third-order valence-electron chi connectivity index (χ3n) is 6.77. The van der Waals surface area contributed by atoms with Gasteiger partial charge in [-0.15, -0.1) is 0 Å². The SMILES string of the molecule is Cc1ccc(C)c(N2CCN(C(=O)c3ccc4c(c3)N(C)C(=O)/C(=C/c3ccccc3F)S4)CC2)c1. The van der Waals surface area contributed by atoms with Gasteiger partial charge in [-0.1, -0.05) is 42.1 Å². The van der Waals surface area contributed by atoms with E-state index in [1.807, 2.05) is 17.0 Å². The zero-order chi connectivity index (χ0) is 25.4. The highest BCUT2D eigenvalue weighted by atomic mass is 32.2. The maximum Gasteiger partial charge on any atom is 0.264 e. The topological polar surface area (TPSA) is 43.9 Å². The first-order chi connectivity index (χ1) is 17.3. The van der Waals surface area contributed by atoms with E-state index in [9.17, 15) is 14.0 Å². The summed E-state index contributed by atoms with van der Waals surface area (Å²) in [6.45, 7) is 7.05. The molecular formula is C29H28FN3O2S. The molecule has 5 rings (SSSR count). The summed E-state index contributed by atoms with van der Waals surface area (Å²) in [5.74, 6) is -0.620. The summed E-state index contributed by atoms with van der Waals surface area (Å²) in [5.41, 5.74) is 5.32. The Morgan fingerprint density at radius 3 is 2.44 bits per heavy atom. The number of fused-ring (bicyclic) bond motifs is 1. The first kappa shape index (κ1) is 24.1. The van der Waals surface area contributed by atoms with E-state index < -0.39 is 0 Å². The number of aryl methyl sites for hydroxylation is 2. The second-order valence-corrected chi connectivity index (χ2v) is 10.3. The van der Waals surface area contributed by atoms with Crippen molar-refractivity contribution in [3.05, 3.63) is 93.6 Å². The summed E-state index contributed by atoms with van der Waals surface area (Å²) in [6.07, 6.45) is 1.58. The first-order valence-corrected chi connectivity index (χ1v) is 12.8. The van der Waals surface area contributed by atoms with Crippen molar-refractivity contribution in [2.45, 2.75) is 18.7 Å². The maximum atomic E-state index is 14.1. The van der Waals surface area contributed by atoms with Gasteiger partial charge in [-0.2, -0.15) is 0 Å². The molecule has 7 heteroatoms. The van der Waals surface area contributed by atoms with Gasteiger partial charge in [-0.05, 0) is 61.4 Å². The molecule has 2 aliphatic heterocycles. The number of likely N-dealkylation sites (N-methyl/N-ethyl adjacent to an activating group) is 1. The number of hydrogen-bond acceptors (Lipinski definition) is 4. The fraction of sp³-hybridized carbons (Fsp3) is 0.241. The minimum atomic E-state index is -0.370. The Labute approximate surface area is 215 Å². The number of piperazine rings is 1. The van der Waals surface area contributed by atoms with Gasteiger partial charge in [0.2, 0.25) is 0 Å². The van der Waals surface area contributed by atoms with Crippen LogP contribution in [0, 0.1) is 19.7 Å². The lowest BCUT2D eigenvalue weighted by molar-refractivity contribution is -0.114. The number of carbonyl (C=O) groups excluding carboxylic acids is 2. The lowest BCUT2D eigenvalue weighted by Gasteiger charge is -2.37. The van der Waals surface area contributed by atoms with Crippen molar-refractivity contribution >= 4 is 41.0 Å². The number of amides is 2. The molecule has 0 aromatic heterocycles. The second-order valence-electron chi connectivity index (χ2n) is 9.25. The minimum Gasteiger partial charge on any atom is -0.368 e. The van der Waals surface area contributed by atoms with Crippen molar-refractivity contribution in [1.29, 1.82) is 0 Å². The third-order valence-corrected chi connectivity index (χ3v) is 7.84. The molecule has 3 aromatic rings. The van der Waals surface area contributed by atoms with Crippen LogP contribution >= 0.6 is 11.8 Å². The van der Waals surface area contributed by atoms with Crippen molar-refractivity contribution in [3.8, 4) is 0 Å². The van der Waals surface area contributed by atoms with Gasteiger partial charge in [0, 0.05) is 54.9 Å². The number of rotatable bonds is 3. The molecule has 1 fully saturated rings. The molecule has 36 heavy (non-hydrogen) atoms. The second kappa shape index (κ2) is 9.82. The van der Waals surface area contributed by atoms with Crippen molar-refractivity contribution < 1.29 is 14.0 Å². The Morgan fingerprint density at radius 1 is 0.944 bits per heavy atom. The van der Waals surface area contributed by atoms with Crippen LogP contribution in [0.4, 0.5) is 15.8 Å². The van der Waals surface area contributed by atoms with Crippen LogP contribution in [0.25, 0.3) is 6.08 Å². The van der Waals surface area contributed by atoms with Gasteiger partial charge < -0.3 is 14.7 Å². The quantitative estimate of drug-likeness (QED) is 0.444. The summed E-state index contributed by atoms with van der Waals surface area (Å²) in [6, 6.07) is 18.3. The smallest absolute Gasteiger partial charge is 0.264 e. The molecule has 5 nitrogen and oxygen atoms in total. The number of thioether (sulfide) groups is 1. The van der Waals surface area contributed by atoms with Gasteiger partial charge in [0.25, 0.3) is 11.8 Å². The summed E-state index contributed by atoms with van der Waals surface area (Å²) >= 11 is 1.30. The summed E-state index contributed by atoms with van der Waals surface area (Å²) in [5, 5.41) is 0. The number of anilines is 2. The highest BCUT2D eigenvalue weighted by molar-refractivity contribution is 8.04. The van der Waals surface area contributed by atoms with E-state index in [0.29, 0.717) is 34.8 Å². The molecule has 0 radical (unpaired) electrons. The largest absolute Gasteiger partial charge is 0.368 e. The van der Waals surface area contributed by atoms with Gasteiger partial charge in [-0.25, -0.2) is 4.39 Å². The molecule has 2 amide bonds. The Bertz CT molecular complexity index is 1380. The van der Waals surface area contributed by atoms with Gasteiger partial charge in [0.15, 0.2) is 0 Å². The standard InChI is InChI=1S/C29H28FN3O2S/c1-19-8-9-20(2)24(16-19)32-12-14-33(15-13-32)28(34)22-10-11-26-25(17-22)31(3)29(35)27(36-26)18-21-6-4-5-7-23(21)30/h4-11,16-18H,12-15H2,1-3H3/b27-18-. The van der Waals surface area contributed by atoms with Crippen LogP contribution < -0.4 is 9.80 Å². The fourth-order valence-electron chi connectivity index (χ4n) is 4.65. The van der Waals surface area contributed by atoms with E-state index in [2.05, 4.69) is 36.9 Å². The van der Waals surface area contributed by atoms with Crippen LogP contribution in [0.15, 0.2) is 70.5 Å². The molecule has 0 unspecified atom stereocenters. The van der Waals surface area contributed by atoms with E-state index >= 15 is 0 Å². The average Bonchev–Trinajstić information content (AvgIpc) is 2.89. The molecule has 0 N–H and O–H groups in total. The Morgan fingerprint density at radius 2 is 1.69 bits per heavy atom. The number of nitrogens with zero attached hydrogens (tertiary/aromatic N) is 3. The molecule has 0 aliphatic carbocycles. The summed E-state index contributed by atoms with van der Waals surface area (Å²) < 4.78 is 14.1. The Kier molecular flexibility index (Phi) is 6.58. The third kappa shape index (κ3) is 4.63. The predicted molar refractivity (Wildman–Crippen MR) is 144 cm³/mol. The Balaban J connectivity index is 1.32. The molecular weight excluding hydrogens is 473 g/mol. The minimum absolute atomic E-state index is 0.0306. The summed E-state index contributed by atoms with van der Waals surface area (Å²) in [7, 11) is 1.69. The molecule has 0 atom stereocenters. The molecule has 0 saturated carbocycles. The lowest BCUT2D eigenvalue weighted by Crippen LogP contribution is -2.49. The molecule has 0 spiro atoms. The lowest BCUT2D eigenvalue weighted by atomic mass is 10.1. The van der Waals surface area contributed by atoms with E-state index in [4.69, 9.17) is 0 Å². The van der Waals surface area contributed by atoms with Gasteiger partial charge in [-0.3, -0.25) is 9.59 Å². The average molecular weight is 502 g/mol. The maximum absolute atomic E-state index is 14.1. The van der Waals surface area contributed by atoms with Gasteiger partial charge in [0.05, 0.1) is 10.6 Å². The van der Waals surface area contributed by atoms with Crippen LogP contribution in [-0.4, -0.2) is 49.9 Å². The normalized spacial score (nSPS) is 16.9. The van der Waals surface area contributed by atoms with Crippen LogP contribution in [-0.2, 0) is 4.79 Å². The fourth-order valence-corrected chi connectivity index (χ4v) is 5.74. The number of hydrogen-bond donors (Lipinski definition) is 0. The number of carbonyl (C=O) groups is 2. The van der Waals surface area contributed by atoms with Crippen molar-refractivity contribution in [2.24, 2.45) is 0 Å². The van der Waals surface area contributed by atoms with E-state index in [1.165, 1.54) is 39.5 Å². The van der Waals surface area contributed by atoms with Gasteiger partial charge in [0.1, 0.15) is 5.82 Å². The first-order valence-electron chi connectivity index (χ1n) is 12.0. The molecule has 2 aliphatic rings. The zero-order valence-corrected chi connectivity index (χ0v) is 21.4. The van der Waals surface area contributed by atoms with Crippen LogP contribution in [0.5, 0.6) is 0 Å². The molecule has 184 valence electrons. The number of halogens is 1. The molecule has 3 aromatic carbocycles. The van der Waals surface area contributed by atoms with Crippen LogP contribution in [0.1, 0.15) is 27.0 Å². The van der Waals surface area contributed by atoms with Crippen LogP contribution in [0.3, 0.4) is 0 Å². The van der Waals surface area contributed by atoms with Gasteiger partial charge >= 0.3 is 0 Å². The van der Waals surface area contributed by atoms with Crippen molar-refractivity contribution in [2.75, 3.05) is 43.0 Å². The van der Waals surface area contributed by atoms with Crippen LogP contribution in [0.2, 0.25) is 0 Å². The van der Waals surface area contributed by atoms with Crippen molar-refractivity contribution in [3.63, 3.8) is 0 Å². The zero-order valence-electron chi connectivity index (χ0n) is 20.6. The predicted octanol–water partition coefficient (Wildman–Crippen LogP) is 5.51. The molecule has 0 bridgehead atoms. The molecule has 1 saturated heterocycles. The van der Waals surface area contributed by atoms with E-state index in [1.54, 1.807) is 37.4 Å². The summed E-state index contributed by atoms with van der Waals surface area (Å²) in [4.78, 5) is 33.4. The highest BCUT2D eigenvalue weighted by Gasteiger charge is 2.29. The van der Waals surface area contributed by atoms with Crippen molar-refractivity contribution in [1.82, 2.24) is 4.90 Å². The Hall–Kier alpha value is -3.58. The monoisotopic (exact) mass is 501 g/mol.